The molecule has 1 unspecified atom stereocenters. The fourth-order valence-electron chi connectivity index (χ4n) is 9.90. The molecule has 80 heavy (non-hydrogen) atoms. The van der Waals surface area contributed by atoms with E-state index in [1.165, 1.54) is 38.0 Å². The molecule has 24 heteroatoms. The highest BCUT2D eigenvalue weighted by Gasteiger charge is 2.64. The fourth-order valence-corrected chi connectivity index (χ4v) is 10.2. The van der Waals surface area contributed by atoms with Crippen LogP contribution in [0.3, 0.4) is 0 Å². The number of epoxide rings is 1. The maximum absolute atomic E-state index is 14.3. The molecule has 4 bridgehead atoms. The summed E-state index contributed by atoms with van der Waals surface area (Å²) in [7, 11) is 9.63. The molecule has 5 amide bonds. The van der Waals surface area contributed by atoms with E-state index < -0.39 is 96.0 Å². The largest absolute Gasteiger partial charge is 0.495 e. The lowest BCUT2D eigenvalue weighted by Gasteiger charge is -2.42. The number of fused-ring (bicyclic) bond motifs is 6. The van der Waals surface area contributed by atoms with Gasteiger partial charge in [-0.3, -0.25) is 29.9 Å². The van der Waals surface area contributed by atoms with Crippen molar-refractivity contribution in [2.45, 2.75) is 121 Å². The molecule has 6 rings (SSSR count). The monoisotopic (exact) mass is 1140 g/mol. The number of allylic oxidation sites excluding steroid dienone is 3. The van der Waals surface area contributed by atoms with Gasteiger partial charge in [-0.2, -0.15) is 0 Å². The summed E-state index contributed by atoms with van der Waals surface area (Å²) in [5.41, 5.74) is 3.92. The maximum atomic E-state index is 14.3. The molecule has 2 aromatic carbocycles. The van der Waals surface area contributed by atoms with Crippen molar-refractivity contribution in [3.8, 4) is 5.75 Å². The fraction of sp³-hybridized carbons (Fsp3) is 0.571. The second-order valence-electron chi connectivity index (χ2n) is 20.6. The Bertz CT molecular complexity index is 2740. The number of halogens is 1. The molecule has 3 aliphatic heterocycles. The van der Waals surface area contributed by atoms with Gasteiger partial charge in [0.2, 0.25) is 23.6 Å². The summed E-state index contributed by atoms with van der Waals surface area (Å²) in [6.45, 7) is 7.67. The van der Waals surface area contributed by atoms with Gasteiger partial charge in [-0.15, -0.1) is 0 Å². The third-order valence-electron chi connectivity index (χ3n) is 15.0. The highest BCUT2D eigenvalue weighted by atomic mass is 35.5. The van der Waals surface area contributed by atoms with E-state index in [0.717, 1.165) is 27.7 Å². The Labute approximate surface area is 472 Å². The summed E-state index contributed by atoms with van der Waals surface area (Å²) >= 11 is 6.82. The average Bonchev–Trinajstić information content (AvgIpc) is 4.25. The van der Waals surface area contributed by atoms with Crippen molar-refractivity contribution in [1.82, 2.24) is 35.9 Å². The second-order valence-corrected chi connectivity index (χ2v) is 21.0. The zero-order chi connectivity index (χ0) is 58.5. The molecule has 0 aliphatic carbocycles. The van der Waals surface area contributed by atoms with Crippen molar-refractivity contribution in [3.63, 3.8) is 0 Å². The number of esters is 1. The molecule has 3 aliphatic rings. The van der Waals surface area contributed by atoms with Gasteiger partial charge in [-0.05, 0) is 69.5 Å². The number of amides is 5. The molecule has 4 heterocycles. The lowest BCUT2D eigenvalue weighted by atomic mass is 9.83. The normalized spacial score (nSPS) is 25.1. The van der Waals surface area contributed by atoms with Crippen LogP contribution in [-0.4, -0.2) is 190 Å². The molecule has 440 valence electrons. The van der Waals surface area contributed by atoms with Crippen LogP contribution in [0, 0.1) is 5.92 Å². The van der Waals surface area contributed by atoms with Gasteiger partial charge in [0, 0.05) is 71.3 Å². The van der Waals surface area contributed by atoms with Crippen molar-refractivity contribution in [2.75, 3.05) is 86.9 Å². The topological polar surface area (TPSA) is 274 Å². The van der Waals surface area contributed by atoms with E-state index in [4.69, 9.17) is 44.8 Å². The first-order valence-corrected chi connectivity index (χ1v) is 27.1. The Kier molecular flexibility index (Phi) is 22.5. The number of benzene rings is 2. The number of ether oxygens (including phenoxy) is 7. The van der Waals surface area contributed by atoms with Crippen LogP contribution in [0.4, 0.5) is 10.5 Å². The molecule has 0 radical (unpaired) electrons. The summed E-state index contributed by atoms with van der Waals surface area (Å²) in [5.74, 6) is -2.95. The first-order valence-electron chi connectivity index (χ1n) is 26.7. The zero-order valence-electron chi connectivity index (χ0n) is 47.4. The SMILES string of the molecule is CNN(C)Cc1cc2ccccc2n1CCC(=O)N[C@@H](CO)C(=O)NCCOCCOCCC(=O)N(C)[C@@H](C)C(=O)O[C@H]1CC(=O)N(C)c2cc(cc(OC)c2Cl)C/C(C)=C/C=C/[C@@H](OC)[C@@]2(O)C[C@H](OC(=O)N2)[C@@H](C)C2O[C@]21C. The van der Waals surface area contributed by atoms with E-state index in [2.05, 4.69) is 32.0 Å². The minimum Gasteiger partial charge on any atom is -0.495 e. The van der Waals surface area contributed by atoms with Gasteiger partial charge in [0.05, 0.1) is 71.3 Å². The number of nitrogens with zero attached hydrogens (tertiary/aromatic N) is 4. The molecule has 2 fully saturated rings. The molecular weight excluding hydrogens is 1060 g/mol. The number of aliphatic hydroxyl groups excluding tert-OH is 1. The van der Waals surface area contributed by atoms with Crippen LogP contribution in [0.2, 0.25) is 5.02 Å². The highest BCUT2D eigenvalue weighted by Crippen LogP contribution is 2.49. The maximum Gasteiger partial charge on any atom is 0.409 e. The van der Waals surface area contributed by atoms with Crippen molar-refractivity contribution in [2.24, 2.45) is 5.92 Å². The predicted molar refractivity (Wildman–Crippen MR) is 296 cm³/mol. The van der Waals surface area contributed by atoms with Crippen molar-refractivity contribution in [1.29, 1.82) is 0 Å². The van der Waals surface area contributed by atoms with Crippen molar-refractivity contribution < 1.29 is 72.1 Å². The molecule has 1 aromatic heterocycles. The molecule has 9 atom stereocenters. The number of aliphatic hydroxyl groups is 2. The minimum absolute atomic E-state index is 0.00503. The number of nitrogens with one attached hydrogen (secondary N) is 4. The quantitative estimate of drug-likeness (QED) is 0.0345. The number of hydrogen-bond donors (Lipinski definition) is 6. The number of alkyl carbamates (subject to hydrolysis) is 1. The third-order valence-corrected chi connectivity index (χ3v) is 15.4. The summed E-state index contributed by atoms with van der Waals surface area (Å²) in [4.78, 5) is 83.1. The molecule has 23 nitrogen and oxygen atoms in total. The highest BCUT2D eigenvalue weighted by molar-refractivity contribution is 6.35. The second kappa shape index (κ2) is 28.5. The summed E-state index contributed by atoms with van der Waals surface area (Å²) < 4.78 is 42.7. The summed E-state index contributed by atoms with van der Waals surface area (Å²) in [6.07, 6.45) is 0.420. The van der Waals surface area contributed by atoms with Crippen LogP contribution < -0.4 is 31.0 Å². The van der Waals surface area contributed by atoms with Crippen LogP contribution in [0.15, 0.2) is 66.3 Å². The summed E-state index contributed by atoms with van der Waals surface area (Å²) in [5, 5.41) is 32.7. The van der Waals surface area contributed by atoms with Gasteiger partial charge in [0.1, 0.15) is 46.8 Å². The lowest BCUT2D eigenvalue weighted by molar-refractivity contribution is -0.162. The number of rotatable bonds is 23. The number of para-hydroxylation sites is 1. The number of hydrogen-bond acceptors (Lipinski definition) is 17. The van der Waals surface area contributed by atoms with Crippen LogP contribution in [-0.2, 0) is 71.9 Å². The van der Waals surface area contributed by atoms with Gasteiger partial charge in [0.25, 0.3) is 0 Å². The number of carbonyl (C=O) groups is 6. The average molecular weight is 1140 g/mol. The lowest BCUT2D eigenvalue weighted by Crippen LogP contribution is -2.63. The number of carbonyl (C=O) groups excluding carboxylic acids is 6. The van der Waals surface area contributed by atoms with Gasteiger partial charge in [-0.25, -0.2) is 14.6 Å². The van der Waals surface area contributed by atoms with E-state index in [1.54, 1.807) is 45.2 Å². The Morgan fingerprint density at radius 2 is 1.76 bits per heavy atom. The standard InChI is InChI=1S/C56H79ClN8O15/c1-34-14-13-17-45(75-10)56(73)31-44(78-54(72)61-56)35(2)51-55(4,80-51)46(30-49(69)64(8)42-27-37(26-34)28-43(74-9)50(42)57)79-53(71)36(3)63(7)48(68)19-22-76-24-25-77-23-20-59-52(70)40(33-66)60-47(67)18-21-65-39(32-62(6)58-5)29-38-15-11-12-16-41(38)65/h11-17,27-29,35-36,40,44-46,51,58,66,73H,18-26,30-33H2,1-10H3,(H,59,70)(H,60,67)(H,61,72)/b17-13+,34-14+/t35-,36+,40+,44+,45-,46+,51?,55+,56+/m1/s1. The van der Waals surface area contributed by atoms with E-state index in [0.29, 0.717) is 30.9 Å². The smallest absolute Gasteiger partial charge is 0.409 e. The van der Waals surface area contributed by atoms with Crippen LogP contribution in [0.5, 0.6) is 5.75 Å². The van der Waals surface area contributed by atoms with E-state index in [1.807, 2.05) is 56.4 Å². The van der Waals surface area contributed by atoms with Crippen LogP contribution in [0.1, 0.15) is 64.6 Å². The molecule has 2 saturated heterocycles. The first-order chi connectivity index (χ1) is 38.1. The number of likely N-dealkylation sites (N-methyl/N-ethyl adjacent to an activating group) is 1. The van der Waals surface area contributed by atoms with Crippen molar-refractivity contribution in [3.05, 3.63) is 82.5 Å². The number of methoxy groups -OCH3 is 2. The number of aromatic nitrogens is 1. The Balaban J connectivity index is 0.989. The van der Waals surface area contributed by atoms with E-state index >= 15 is 0 Å². The molecule has 0 saturated carbocycles. The predicted octanol–water partition coefficient (Wildman–Crippen LogP) is 3.14. The Morgan fingerprint density at radius 3 is 2.46 bits per heavy atom. The number of anilines is 1. The van der Waals surface area contributed by atoms with Gasteiger partial charge < -0.3 is 68.4 Å². The zero-order valence-corrected chi connectivity index (χ0v) is 48.1. The van der Waals surface area contributed by atoms with Gasteiger partial charge in [-0.1, -0.05) is 60.5 Å². The minimum atomic E-state index is -1.88. The van der Waals surface area contributed by atoms with Crippen LogP contribution in [0.25, 0.3) is 10.9 Å². The number of aryl methyl sites for hydroxylation is 1. The molecular formula is C56H79ClN8O15. The van der Waals surface area contributed by atoms with E-state index in [9.17, 15) is 39.0 Å². The summed E-state index contributed by atoms with van der Waals surface area (Å²) in [6, 6.07) is 11.2. The molecule has 6 N–H and O–H groups in total. The first kappa shape index (κ1) is 63.0. The third kappa shape index (κ3) is 15.8. The van der Waals surface area contributed by atoms with Crippen LogP contribution >= 0.6 is 11.6 Å². The van der Waals surface area contributed by atoms with E-state index in [-0.39, 0.29) is 63.7 Å². The number of hydrazine groups is 1. The Hall–Kier alpha value is -6.15. The van der Waals surface area contributed by atoms with Gasteiger partial charge >= 0.3 is 12.1 Å². The van der Waals surface area contributed by atoms with Crippen molar-refractivity contribution >= 4 is 63.9 Å². The molecule has 3 aromatic rings. The van der Waals surface area contributed by atoms with Gasteiger partial charge in [0.15, 0.2) is 5.72 Å². The molecule has 0 spiro atoms. The Morgan fingerprint density at radius 1 is 1.04 bits per heavy atom.